The molecular formula is C26H28N2O6S. The molecule has 0 saturated heterocycles. The van der Waals surface area contributed by atoms with Crippen LogP contribution in [0.2, 0.25) is 0 Å². The van der Waals surface area contributed by atoms with E-state index in [1.54, 1.807) is 12.1 Å². The Morgan fingerprint density at radius 3 is 2.29 bits per heavy atom. The molecule has 0 heterocycles. The van der Waals surface area contributed by atoms with Gasteiger partial charge in [-0.2, -0.15) is 0 Å². The van der Waals surface area contributed by atoms with Crippen LogP contribution in [0.3, 0.4) is 0 Å². The van der Waals surface area contributed by atoms with Crippen LogP contribution in [0.4, 0.5) is 5.69 Å². The summed E-state index contributed by atoms with van der Waals surface area (Å²) in [6.07, 6.45) is 1.41. The summed E-state index contributed by atoms with van der Waals surface area (Å²) >= 11 is 0. The van der Waals surface area contributed by atoms with Crippen LogP contribution in [-0.2, 0) is 32.4 Å². The lowest BCUT2D eigenvalue weighted by Gasteiger charge is -2.15. The highest BCUT2D eigenvalue weighted by atomic mass is 32.2. The molecule has 8 nitrogen and oxygen atoms in total. The molecule has 0 bridgehead atoms. The molecule has 1 amide bonds. The van der Waals surface area contributed by atoms with E-state index >= 15 is 0 Å². The van der Waals surface area contributed by atoms with Gasteiger partial charge in [-0.25, -0.2) is 17.5 Å². The molecule has 1 N–H and O–H groups in total. The molecule has 0 saturated carbocycles. The molecule has 9 heteroatoms. The molecule has 0 fully saturated rings. The van der Waals surface area contributed by atoms with Gasteiger partial charge in [0.1, 0.15) is 5.75 Å². The summed E-state index contributed by atoms with van der Waals surface area (Å²) in [4.78, 5) is 25.2. The van der Waals surface area contributed by atoms with Crippen molar-refractivity contribution in [3.8, 4) is 5.75 Å². The van der Waals surface area contributed by atoms with Crippen LogP contribution in [0.5, 0.6) is 5.75 Å². The maximum Gasteiger partial charge on any atom is 0.338 e. The van der Waals surface area contributed by atoms with Crippen molar-refractivity contribution in [2.45, 2.75) is 17.7 Å². The third kappa shape index (κ3) is 6.68. The van der Waals surface area contributed by atoms with E-state index in [9.17, 15) is 18.0 Å². The maximum absolute atomic E-state index is 12.7. The number of esters is 1. The van der Waals surface area contributed by atoms with Gasteiger partial charge in [-0.3, -0.25) is 4.79 Å². The van der Waals surface area contributed by atoms with Gasteiger partial charge in [-0.15, -0.1) is 0 Å². The van der Waals surface area contributed by atoms with Gasteiger partial charge in [0.15, 0.2) is 6.61 Å². The van der Waals surface area contributed by atoms with Crippen molar-refractivity contribution in [2.75, 3.05) is 33.1 Å². The minimum atomic E-state index is -3.71. The second kappa shape index (κ2) is 11.6. The third-order valence-electron chi connectivity index (χ3n) is 5.32. The monoisotopic (exact) mass is 496 g/mol. The molecule has 0 radical (unpaired) electrons. The fourth-order valence-electron chi connectivity index (χ4n) is 3.41. The molecule has 3 aromatic rings. The van der Waals surface area contributed by atoms with Gasteiger partial charge in [0.2, 0.25) is 10.0 Å². The number of benzene rings is 3. The molecule has 0 aliphatic rings. The van der Waals surface area contributed by atoms with Crippen LogP contribution in [0, 0.1) is 0 Å². The van der Waals surface area contributed by atoms with Crippen molar-refractivity contribution in [1.82, 2.24) is 4.31 Å². The zero-order valence-electron chi connectivity index (χ0n) is 19.9. The van der Waals surface area contributed by atoms with Gasteiger partial charge in [0, 0.05) is 14.1 Å². The van der Waals surface area contributed by atoms with Crippen LogP contribution < -0.4 is 10.1 Å². The number of nitrogens with one attached hydrogen (secondary N) is 1. The summed E-state index contributed by atoms with van der Waals surface area (Å²) in [5.74, 6) is -0.967. The summed E-state index contributed by atoms with van der Waals surface area (Å²) in [6, 6.07) is 21.2. The van der Waals surface area contributed by atoms with Crippen LogP contribution in [0.15, 0.2) is 77.7 Å². The van der Waals surface area contributed by atoms with Gasteiger partial charge in [0.25, 0.3) is 5.91 Å². The lowest BCUT2D eigenvalue weighted by molar-refractivity contribution is -0.119. The van der Waals surface area contributed by atoms with Gasteiger partial charge in [-0.1, -0.05) is 48.5 Å². The van der Waals surface area contributed by atoms with Crippen molar-refractivity contribution in [3.05, 3.63) is 89.5 Å². The first-order chi connectivity index (χ1) is 16.7. The molecule has 0 aromatic heterocycles. The average molecular weight is 497 g/mol. The third-order valence-corrected chi connectivity index (χ3v) is 7.13. The van der Waals surface area contributed by atoms with Gasteiger partial charge in [-0.05, 0) is 48.2 Å². The Balaban J connectivity index is 1.66. The number of aryl methyl sites for hydroxylation is 2. The van der Waals surface area contributed by atoms with E-state index in [0.717, 1.165) is 21.9 Å². The molecule has 0 aliphatic heterocycles. The van der Waals surface area contributed by atoms with E-state index in [1.165, 1.54) is 39.4 Å². The SMILES string of the molecule is COc1ccc(S(=O)(=O)N(C)C)cc1NC(=O)COC(=O)c1ccccc1CCc1ccccc1. The Bertz CT molecular complexity index is 1290. The lowest BCUT2D eigenvalue weighted by atomic mass is 10.00. The smallest absolute Gasteiger partial charge is 0.338 e. The molecule has 35 heavy (non-hydrogen) atoms. The number of methoxy groups -OCH3 is 1. The minimum Gasteiger partial charge on any atom is -0.495 e. The van der Waals surface area contributed by atoms with Gasteiger partial charge in [0.05, 0.1) is 23.3 Å². The molecule has 0 spiro atoms. The predicted octanol–water partition coefficient (Wildman–Crippen LogP) is 3.53. The highest BCUT2D eigenvalue weighted by molar-refractivity contribution is 7.89. The number of rotatable bonds is 10. The number of amides is 1. The summed E-state index contributed by atoms with van der Waals surface area (Å²) in [6.45, 7) is -0.542. The summed E-state index contributed by atoms with van der Waals surface area (Å²) < 4.78 is 36.4. The van der Waals surface area contributed by atoms with Crippen LogP contribution in [-0.4, -0.2) is 52.4 Å². The minimum absolute atomic E-state index is 0.0112. The van der Waals surface area contributed by atoms with Crippen LogP contribution in [0.25, 0.3) is 0 Å². The summed E-state index contributed by atoms with van der Waals surface area (Å²) in [5, 5.41) is 2.56. The second-order valence-electron chi connectivity index (χ2n) is 7.92. The molecule has 3 aromatic carbocycles. The molecule has 0 atom stereocenters. The predicted molar refractivity (Wildman–Crippen MR) is 133 cm³/mol. The number of ether oxygens (including phenoxy) is 2. The molecule has 3 rings (SSSR count). The highest BCUT2D eigenvalue weighted by Gasteiger charge is 2.20. The number of hydrogen-bond acceptors (Lipinski definition) is 6. The van der Waals surface area contributed by atoms with Crippen LogP contribution in [0.1, 0.15) is 21.5 Å². The number of hydrogen-bond donors (Lipinski definition) is 1. The van der Waals surface area contributed by atoms with Crippen LogP contribution >= 0.6 is 0 Å². The lowest BCUT2D eigenvalue weighted by Crippen LogP contribution is -2.24. The summed E-state index contributed by atoms with van der Waals surface area (Å²) in [5.41, 5.74) is 2.53. The normalized spacial score (nSPS) is 11.2. The molecular weight excluding hydrogens is 468 g/mol. The zero-order chi connectivity index (χ0) is 25.4. The Morgan fingerprint density at radius 1 is 0.914 bits per heavy atom. The van der Waals surface area contributed by atoms with Crippen molar-refractivity contribution < 1.29 is 27.5 Å². The largest absolute Gasteiger partial charge is 0.495 e. The fraction of sp³-hybridized carbons (Fsp3) is 0.231. The Morgan fingerprint density at radius 2 is 1.60 bits per heavy atom. The van der Waals surface area contributed by atoms with Crippen molar-refractivity contribution in [1.29, 1.82) is 0 Å². The Hall–Kier alpha value is -3.69. The van der Waals surface area contributed by atoms with Crippen molar-refractivity contribution in [2.24, 2.45) is 0 Å². The standard InChI is InChI=1S/C26H28N2O6S/c1-28(2)35(31,32)21-15-16-24(33-3)23(17-21)27-25(29)18-34-26(30)22-12-8-7-11-20(22)14-13-19-9-5-4-6-10-19/h4-12,15-17H,13-14,18H2,1-3H3,(H,27,29). The van der Waals surface area contributed by atoms with E-state index in [2.05, 4.69) is 5.32 Å². The first-order valence-electron chi connectivity index (χ1n) is 10.9. The maximum atomic E-state index is 12.7. The number of sulfonamides is 1. The van der Waals surface area contributed by atoms with Crippen molar-refractivity contribution >= 4 is 27.6 Å². The Labute approximate surface area is 205 Å². The number of nitrogens with zero attached hydrogens (tertiary/aromatic N) is 1. The summed E-state index contributed by atoms with van der Waals surface area (Å²) in [7, 11) is 0.512. The van der Waals surface area contributed by atoms with E-state index in [4.69, 9.17) is 9.47 Å². The first kappa shape index (κ1) is 25.9. The molecule has 0 unspecified atom stereocenters. The van der Waals surface area contributed by atoms with Gasteiger partial charge >= 0.3 is 5.97 Å². The van der Waals surface area contributed by atoms with E-state index in [-0.39, 0.29) is 16.3 Å². The Kier molecular flexibility index (Phi) is 8.62. The van der Waals surface area contributed by atoms with E-state index in [0.29, 0.717) is 12.0 Å². The second-order valence-corrected chi connectivity index (χ2v) is 10.1. The zero-order valence-corrected chi connectivity index (χ0v) is 20.7. The highest BCUT2D eigenvalue weighted by Crippen LogP contribution is 2.28. The number of carbonyl (C=O) groups excluding carboxylic acids is 2. The molecule has 184 valence electrons. The fourth-order valence-corrected chi connectivity index (χ4v) is 4.34. The molecule has 0 aliphatic carbocycles. The quantitative estimate of drug-likeness (QED) is 0.431. The number of carbonyl (C=O) groups is 2. The van der Waals surface area contributed by atoms with Crippen molar-refractivity contribution in [3.63, 3.8) is 0 Å². The number of anilines is 1. The first-order valence-corrected chi connectivity index (χ1v) is 12.4. The van der Waals surface area contributed by atoms with Gasteiger partial charge < -0.3 is 14.8 Å². The average Bonchev–Trinajstić information content (AvgIpc) is 2.86. The van der Waals surface area contributed by atoms with E-state index < -0.39 is 28.5 Å². The van der Waals surface area contributed by atoms with E-state index in [1.807, 2.05) is 42.5 Å². The topological polar surface area (TPSA) is 102 Å².